The predicted molar refractivity (Wildman–Crippen MR) is 103 cm³/mol. The predicted octanol–water partition coefficient (Wildman–Crippen LogP) is 1.69. The van der Waals surface area contributed by atoms with Gasteiger partial charge in [0.25, 0.3) is 0 Å². The number of aromatic nitrogens is 3. The van der Waals surface area contributed by atoms with E-state index in [0.717, 1.165) is 56.2 Å². The van der Waals surface area contributed by atoms with E-state index in [2.05, 4.69) is 15.3 Å². The number of ether oxygens (including phenoxy) is 2. The number of rotatable bonds is 4. The summed E-state index contributed by atoms with van der Waals surface area (Å²) in [6.45, 7) is 3.66. The number of anilines is 1. The van der Waals surface area contributed by atoms with Crippen molar-refractivity contribution >= 4 is 11.5 Å². The third-order valence-electron chi connectivity index (χ3n) is 5.29. The smallest absolute Gasteiger partial charge is 0.157 e. The highest BCUT2D eigenvalue weighted by Gasteiger charge is 2.33. The molecule has 3 aromatic rings. The Bertz CT molecular complexity index is 947. The molecule has 7 heteroatoms. The van der Waals surface area contributed by atoms with Gasteiger partial charge in [-0.15, -0.1) is 0 Å². The monoisotopic (exact) mass is 365 g/mol. The molecule has 0 aliphatic carbocycles. The number of nitrogens with one attached hydrogen (secondary N) is 1. The van der Waals surface area contributed by atoms with Crippen molar-refractivity contribution in [2.45, 2.75) is 18.9 Å². The number of hydrogen-bond donors (Lipinski definition) is 1. The van der Waals surface area contributed by atoms with Crippen LogP contribution >= 0.6 is 0 Å². The van der Waals surface area contributed by atoms with E-state index in [1.165, 1.54) is 17.1 Å². The van der Waals surface area contributed by atoms with E-state index in [1.54, 1.807) is 7.11 Å². The number of hydrogen-bond acceptors (Lipinski definition) is 6. The highest BCUT2D eigenvalue weighted by Crippen LogP contribution is 2.31. The van der Waals surface area contributed by atoms with Crippen molar-refractivity contribution in [1.29, 1.82) is 0 Å². The molecule has 0 unspecified atom stereocenters. The molecular formula is C20H23N5O2. The lowest BCUT2D eigenvalue weighted by atomic mass is 10.1. The summed E-state index contributed by atoms with van der Waals surface area (Å²) < 4.78 is 13.3. The van der Waals surface area contributed by atoms with Crippen LogP contribution in [0.15, 0.2) is 36.5 Å². The van der Waals surface area contributed by atoms with Crippen molar-refractivity contribution in [3.8, 4) is 11.5 Å². The molecular weight excluding hydrogens is 342 g/mol. The molecule has 0 saturated carbocycles. The summed E-state index contributed by atoms with van der Waals surface area (Å²) in [4.78, 5) is 7.19. The van der Waals surface area contributed by atoms with Crippen LogP contribution in [0.1, 0.15) is 11.3 Å². The summed E-state index contributed by atoms with van der Waals surface area (Å²) in [5, 5.41) is 8.00. The molecule has 0 radical (unpaired) electrons. The minimum absolute atomic E-state index is 0.178. The van der Waals surface area contributed by atoms with Crippen LogP contribution in [0.3, 0.4) is 0 Å². The molecule has 1 saturated heterocycles. The van der Waals surface area contributed by atoms with Gasteiger partial charge in [0.2, 0.25) is 0 Å². The SMILES string of the molecule is COc1ccc(OC2CN(c3c4c(nc5ccnn35)CCNCC4)C2)cc1. The first kappa shape index (κ1) is 16.4. The minimum atomic E-state index is 0.178. The van der Waals surface area contributed by atoms with Gasteiger partial charge in [-0.05, 0) is 37.2 Å². The van der Waals surface area contributed by atoms with E-state index < -0.39 is 0 Å². The Labute approximate surface area is 157 Å². The molecule has 0 bridgehead atoms. The second kappa shape index (κ2) is 6.74. The number of benzene rings is 1. The van der Waals surface area contributed by atoms with Gasteiger partial charge in [-0.1, -0.05) is 0 Å². The quantitative estimate of drug-likeness (QED) is 0.759. The van der Waals surface area contributed by atoms with Crippen molar-refractivity contribution in [2.75, 3.05) is 38.2 Å². The molecule has 0 amide bonds. The number of nitrogens with zero attached hydrogens (tertiary/aromatic N) is 4. The van der Waals surface area contributed by atoms with E-state index in [9.17, 15) is 0 Å². The van der Waals surface area contributed by atoms with Gasteiger partial charge >= 0.3 is 0 Å². The Morgan fingerprint density at radius 2 is 1.81 bits per heavy atom. The molecule has 5 rings (SSSR count). The molecule has 27 heavy (non-hydrogen) atoms. The van der Waals surface area contributed by atoms with Crippen LogP contribution in [-0.4, -0.2) is 54.0 Å². The molecule has 2 aliphatic heterocycles. The van der Waals surface area contributed by atoms with Gasteiger partial charge < -0.3 is 19.7 Å². The average molecular weight is 365 g/mol. The zero-order valence-corrected chi connectivity index (χ0v) is 15.4. The summed E-state index contributed by atoms with van der Waals surface area (Å²) in [6.07, 6.45) is 3.95. The van der Waals surface area contributed by atoms with Gasteiger partial charge in [0.1, 0.15) is 23.4 Å². The Morgan fingerprint density at radius 1 is 1.04 bits per heavy atom. The largest absolute Gasteiger partial charge is 0.497 e. The molecule has 2 aliphatic rings. The van der Waals surface area contributed by atoms with Crippen molar-refractivity contribution in [2.24, 2.45) is 0 Å². The van der Waals surface area contributed by atoms with Gasteiger partial charge in [0.15, 0.2) is 5.65 Å². The van der Waals surface area contributed by atoms with Gasteiger partial charge in [0, 0.05) is 24.6 Å². The Morgan fingerprint density at radius 3 is 2.63 bits per heavy atom. The van der Waals surface area contributed by atoms with Gasteiger partial charge in [-0.2, -0.15) is 9.61 Å². The fourth-order valence-corrected chi connectivity index (χ4v) is 3.87. The maximum absolute atomic E-state index is 6.11. The normalized spacial score (nSPS) is 17.3. The third-order valence-corrected chi connectivity index (χ3v) is 5.29. The van der Waals surface area contributed by atoms with Gasteiger partial charge in [0.05, 0.1) is 32.1 Å². The zero-order chi connectivity index (χ0) is 18.2. The van der Waals surface area contributed by atoms with Crippen LogP contribution < -0.4 is 19.7 Å². The van der Waals surface area contributed by atoms with Crippen molar-refractivity contribution in [3.05, 3.63) is 47.8 Å². The standard InChI is InChI=1S/C20H23N5O2/c1-26-14-2-4-15(5-3-14)27-16-12-24(13-16)20-17-6-9-21-10-7-18(17)23-19-8-11-22-25(19)20/h2-5,8,11,16,21H,6-7,9-10,12-13H2,1H3. The van der Waals surface area contributed by atoms with Crippen LogP contribution in [0.4, 0.5) is 5.82 Å². The molecule has 7 nitrogen and oxygen atoms in total. The second-order valence-corrected chi connectivity index (χ2v) is 7.03. The van der Waals surface area contributed by atoms with Crippen molar-refractivity contribution in [1.82, 2.24) is 19.9 Å². The van der Waals surface area contributed by atoms with E-state index in [-0.39, 0.29) is 6.10 Å². The maximum Gasteiger partial charge on any atom is 0.157 e. The molecule has 0 spiro atoms. The van der Waals surface area contributed by atoms with Crippen molar-refractivity contribution < 1.29 is 9.47 Å². The van der Waals surface area contributed by atoms with Crippen LogP contribution in [0.2, 0.25) is 0 Å². The van der Waals surface area contributed by atoms with Gasteiger partial charge in [-0.25, -0.2) is 4.98 Å². The Balaban J connectivity index is 1.37. The Kier molecular flexibility index (Phi) is 4.09. The van der Waals surface area contributed by atoms with Crippen LogP contribution in [-0.2, 0) is 12.8 Å². The van der Waals surface area contributed by atoms with Gasteiger partial charge in [-0.3, -0.25) is 0 Å². The molecule has 140 valence electrons. The van der Waals surface area contributed by atoms with Crippen LogP contribution in [0, 0.1) is 0 Å². The lowest BCUT2D eigenvalue weighted by Gasteiger charge is -2.41. The zero-order valence-electron chi connectivity index (χ0n) is 15.4. The van der Waals surface area contributed by atoms with Crippen molar-refractivity contribution in [3.63, 3.8) is 0 Å². The summed E-state index contributed by atoms with van der Waals surface area (Å²) in [5.74, 6) is 2.90. The lowest BCUT2D eigenvalue weighted by molar-refractivity contribution is 0.166. The third kappa shape index (κ3) is 2.98. The first-order valence-electron chi connectivity index (χ1n) is 9.43. The minimum Gasteiger partial charge on any atom is -0.497 e. The molecule has 1 N–H and O–H groups in total. The molecule has 0 atom stereocenters. The average Bonchev–Trinajstić information content (AvgIpc) is 3.00. The summed E-state index contributed by atoms with van der Waals surface area (Å²) in [7, 11) is 1.67. The molecule has 1 fully saturated rings. The summed E-state index contributed by atoms with van der Waals surface area (Å²) in [5.41, 5.74) is 3.44. The summed E-state index contributed by atoms with van der Waals surface area (Å²) >= 11 is 0. The number of fused-ring (bicyclic) bond motifs is 2. The summed E-state index contributed by atoms with van der Waals surface area (Å²) in [6, 6.07) is 9.74. The van der Waals surface area contributed by atoms with E-state index in [0.29, 0.717) is 0 Å². The van der Waals surface area contributed by atoms with Crippen LogP contribution in [0.25, 0.3) is 5.65 Å². The molecule has 1 aromatic carbocycles. The van der Waals surface area contributed by atoms with E-state index >= 15 is 0 Å². The maximum atomic E-state index is 6.11. The molecule has 2 aromatic heterocycles. The first-order chi connectivity index (χ1) is 13.3. The van der Waals surface area contributed by atoms with E-state index in [4.69, 9.17) is 14.5 Å². The van der Waals surface area contributed by atoms with E-state index in [1.807, 2.05) is 41.0 Å². The topological polar surface area (TPSA) is 63.9 Å². The second-order valence-electron chi connectivity index (χ2n) is 7.03. The highest BCUT2D eigenvalue weighted by atomic mass is 16.5. The lowest BCUT2D eigenvalue weighted by Crippen LogP contribution is -2.55. The fourth-order valence-electron chi connectivity index (χ4n) is 3.87. The number of methoxy groups -OCH3 is 1. The highest BCUT2D eigenvalue weighted by molar-refractivity contribution is 5.59. The van der Waals surface area contributed by atoms with Crippen LogP contribution in [0.5, 0.6) is 11.5 Å². The fraction of sp³-hybridized carbons (Fsp3) is 0.400. The first-order valence-corrected chi connectivity index (χ1v) is 9.43. The Hall–Kier alpha value is -2.80. The molecule has 4 heterocycles.